The third kappa shape index (κ3) is 4.80. The Kier molecular flexibility index (Phi) is 5.72. The summed E-state index contributed by atoms with van der Waals surface area (Å²) < 4.78 is 27.8. The van der Waals surface area contributed by atoms with E-state index in [0.717, 1.165) is 25.7 Å². The van der Waals surface area contributed by atoms with Crippen molar-refractivity contribution in [2.75, 3.05) is 25.2 Å². The van der Waals surface area contributed by atoms with Crippen LogP contribution < -0.4 is 5.32 Å². The van der Waals surface area contributed by atoms with Crippen LogP contribution in [0, 0.1) is 0 Å². The van der Waals surface area contributed by atoms with Gasteiger partial charge in [-0.05, 0) is 12.8 Å². The van der Waals surface area contributed by atoms with E-state index in [9.17, 15) is 8.42 Å². The Balaban J connectivity index is 2.36. The highest BCUT2D eigenvalue weighted by molar-refractivity contribution is 7.91. The number of ether oxygens (including phenoxy) is 1. The molecule has 0 aromatic heterocycles. The molecule has 1 fully saturated rings. The molecule has 2 atom stereocenters. The molecule has 0 aliphatic carbocycles. The third-order valence-corrected chi connectivity index (χ3v) is 4.75. The number of unbranched alkanes of at least 4 members (excludes halogenated alkanes) is 1. The van der Waals surface area contributed by atoms with Crippen LogP contribution in [-0.2, 0) is 14.6 Å². The van der Waals surface area contributed by atoms with Crippen molar-refractivity contribution in [3.05, 3.63) is 0 Å². The fourth-order valence-corrected chi connectivity index (χ4v) is 3.81. The van der Waals surface area contributed by atoms with Crippen LogP contribution >= 0.6 is 0 Å². The van der Waals surface area contributed by atoms with Crippen molar-refractivity contribution in [2.24, 2.45) is 0 Å². The van der Waals surface area contributed by atoms with Gasteiger partial charge in [-0.1, -0.05) is 19.8 Å². The first-order valence-corrected chi connectivity index (χ1v) is 7.85. The minimum absolute atomic E-state index is 0.127. The van der Waals surface area contributed by atoms with Crippen molar-refractivity contribution in [3.63, 3.8) is 0 Å². The lowest BCUT2D eigenvalue weighted by Crippen LogP contribution is -2.41. The van der Waals surface area contributed by atoms with Crippen molar-refractivity contribution in [2.45, 2.75) is 44.7 Å². The van der Waals surface area contributed by atoms with E-state index < -0.39 is 9.84 Å². The van der Waals surface area contributed by atoms with Crippen LogP contribution in [0.5, 0.6) is 0 Å². The third-order valence-electron chi connectivity index (χ3n) is 2.98. The maximum Gasteiger partial charge on any atom is 0.151 e. The predicted octanol–water partition coefficient (Wildman–Crippen LogP) is 0.968. The average Bonchev–Trinajstić information content (AvgIpc) is 2.55. The molecule has 0 saturated carbocycles. The van der Waals surface area contributed by atoms with E-state index in [1.165, 1.54) is 0 Å². The van der Waals surface area contributed by atoms with Crippen molar-refractivity contribution in [1.29, 1.82) is 0 Å². The fourth-order valence-electron chi connectivity index (χ4n) is 2.13. The average molecular weight is 249 g/mol. The summed E-state index contributed by atoms with van der Waals surface area (Å²) in [5.41, 5.74) is 0. The second kappa shape index (κ2) is 6.57. The predicted molar refractivity (Wildman–Crippen MR) is 65.4 cm³/mol. The van der Waals surface area contributed by atoms with Crippen molar-refractivity contribution in [3.8, 4) is 0 Å². The number of rotatable bonds is 7. The van der Waals surface area contributed by atoms with Gasteiger partial charge in [-0.25, -0.2) is 8.42 Å². The standard InChI is InChI=1S/C11H23NO3S/c1-3-4-5-10(8-15-2)12-11-6-7-16(13,14)9-11/h10-12H,3-9H2,1-2H3. The lowest BCUT2D eigenvalue weighted by Gasteiger charge is -2.21. The molecule has 1 N–H and O–H groups in total. The molecule has 0 spiro atoms. The quantitative estimate of drug-likeness (QED) is 0.730. The molecule has 0 aromatic rings. The Morgan fingerprint density at radius 1 is 1.50 bits per heavy atom. The fraction of sp³-hybridized carbons (Fsp3) is 1.00. The Morgan fingerprint density at radius 3 is 2.75 bits per heavy atom. The summed E-state index contributed by atoms with van der Waals surface area (Å²) in [4.78, 5) is 0. The summed E-state index contributed by atoms with van der Waals surface area (Å²) in [7, 11) is -1.09. The maximum atomic E-state index is 11.3. The number of methoxy groups -OCH3 is 1. The molecule has 0 radical (unpaired) electrons. The summed E-state index contributed by atoms with van der Waals surface area (Å²) in [5, 5.41) is 3.40. The van der Waals surface area contributed by atoms with Gasteiger partial charge in [0.05, 0.1) is 18.1 Å². The van der Waals surface area contributed by atoms with E-state index in [4.69, 9.17) is 4.74 Å². The molecule has 96 valence electrons. The molecule has 5 heteroatoms. The Morgan fingerprint density at radius 2 is 2.25 bits per heavy atom. The van der Waals surface area contributed by atoms with Gasteiger partial charge in [0.2, 0.25) is 0 Å². The molecular formula is C11H23NO3S. The highest BCUT2D eigenvalue weighted by Gasteiger charge is 2.29. The van der Waals surface area contributed by atoms with Crippen molar-refractivity contribution >= 4 is 9.84 Å². The number of nitrogens with one attached hydrogen (secondary N) is 1. The van der Waals surface area contributed by atoms with E-state index in [0.29, 0.717) is 24.2 Å². The molecule has 1 saturated heterocycles. The Bertz CT molecular complexity index is 290. The molecule has 16 heavy (non-hydrogen) atoms. The van der Waals surface area contributed by atoms with Gasteiger partial charge in [-0.3, -0.25) is 0 Å². The van der Waals surface area contributed by atoms with Gasteiger partial charge in [0, 0.05) is 19.2 Å². The molecule has 4 nitrogen and oxygen atoms in total. The molecule has 2 unspecified atom stereocenters. The van der Waals surface area contributed by atoms with Gasteiger partial charge in [0.1, 0.15) is 0 Å². The molecule has 1 aliphatic heterocycles. The van der Waals surface area contributed by atoms with Crippen molar-refractivity contribution in [1.82, 2.24) is 5.32 Å². The monoisotopic (exact) mass is 249 g/mol. The maximum absolute atomic E-state index is 11.3. The van der Waals surface area contributed by atoms with E-state index in [1.54, 1.807) is 7.11 Å². The SMILES string of the molecule is CCCCC(COC)NC1CCS(=O)(=O)C1. The lowest BCUT2D eigenvalue weighted by atomic mass is 10.1. The van der Waals surface area contributed by atoms with Gasteiger partial charge >= 0.3 is 0 Å². The first kappa shape index (κ1) is 13.9. The summed E-state index contributed by atoms with van der Waals surface area (Å²) >= 11 is 0. The zero-order valence-corrected chi connectivity index (χ0v) is 11.1. The molecule has 1 aliphatic rings. The smallest absolute Gasteiger partial charge is 0.151 e. The van der Waals surface area contributed by atoms with E-state index in [2.05, 4.69) is 12.2 Å². The first-order valence-electron chi connectivity index (χ1n) is 6.03. The van der Waals surface area contributed by atoms with Crippen LogP contribution in [0.25, 0.3) is 0 Å². The van der Waals surface area contributed by atoms with Gasteiger partial charge in [-0.2, -0.15) is 0 Å². The van der Waals surface area contributed by atoms with E-state index in [1.807, 2.05) is 0 Å². The van der Waals surface area contributed by atoms with E-state index >= 15 is 0 Å². The summed E-state index contributed by atoms with van der Waals surface area (Å²) in [5.74, 6) is 0.623. The highest BCUT2D eigenvalue weighted by Crippen LogP contribution is 2.13. The number of hydrogen-bond donors (Lipinski definition) is 1. The summed E-state index contributed by atoms with van der Waals surface area (Å²) in [6.45, 7) is 2.82. The molecule has 0 amide bonds. The Hall–Kier alpha value is -0.130. The molecule has 1 heterocycles. The molecule has 0 bridgehead atoms. The normalized spacial score (nSPS) is 25.8. The van der Waals surface area contributed by atoms with Crippen LogP contribution in [0.2, 0.25) is 0 Å². The van der Waals surface area contributed by atoms with E-state index in [-0.39, 0.29) is 6.04 Å². The minimum atomic E-state index is -2.78. The van der Waals surface area contributed by atoms with Gasteiger partial charge in [0.15, 0.2) is 9.84 Å². The van der Waals surface area contributed by atoms with Gasteiger partial charge in [0.25, 0.3) is 0 Å². The highest BCUT2D eigenvalue weighted by atomic mass is 32.2. The van der Waals surface area contributed by atoms with Crippen LogP contribution in [0.15, 0.2) is 0 Å². The molecule has 1 rings (SSSR count). The second-order valence-electron chi connectivity index (χ2n) is 4.56. The zero-order valence-electron chi connectivity index (χ0n) is 10.2. The molecular weight excluding hydrogens is 226 g/mol. The summed E-state index contributed by atoms with van der Waals surface area (Å²) in [6, 6.07) is 0.422. The van der Waals surface area contributed by atoms with Crippen molar-refractivity contribution < 1.29 is 13.2 Å². The minimum Gasteiger partial charge on any atom is -0.383 e. The lowest BCUT2D eigenvalue weighted by molar-refractivity contribution is 0.156. The molecule has 0 aromatic carbocycles. The topological polar surface area (TPSA) is 55.4 Å². The number of hydrogen-bond acceptors (Lipinski definition) is 4. The largest absolute Gasteiger partial charge is 0.383 e. The zero-order chi connectivity index (χ0) is 12.0. The van der Waals surface area contributed by atoms with Gasteiger partial charge in [-0.15, -0.1) is 0 Å². The van der Waals surface area contributed by atoms with Crippen LogP contribution in [0.1, 0.15) is 32.6 Å². The Labute approximate surface area is 98.7 Å². The van der Waals surface area contributed by atoms with Gasteiger partial charge < -0.3 is 10.1 Å². The van der Waals surface area contributed by atoms with Crippen LogP contribution in [0.3, 0.4) is 0 Å². The number of sulfone groups is 1. The first-order chi connectivity index (χ1) is 7.57. The van der Waals surface area contributed by atoms with Crippen LogP contribution in [0.4, 0.5) is 0 Å². The second-order valence-corrected chi connectivity index (χ2v) is 6.79. The van der Waals surface area contributed by atoms with Crippen LogP contribution in [-0.4, -0.2) is 45.7 Å². The summed E-state index contributed by atoms with van der Waals surface area (Å²) in [6.07, 6.45) is 4.11.